The molecule has 0 aromatic rings. The second kappa shape index (κ2) is 5.28. The summed E-state index contributed by atoms with van der Waals surface area (Å²) in [5.41, 5.74) is 0. The largest absolute Gasteiger partial charge is 0.468 e. The minimum atomic E-state index is 0.849. The van der Waals surface area contributed by atoms with E-state index >= 15 is 0 Å². The molecule has 2 aliphatic heterocycles. The molecule has 88 valence electrons. The summed E-state index contributed by atoms with van der Waals surface area (Å²) in [7, 11) is 6.34. The van der Waals surface area contributed by atoms with Crippen molar-refractivity contribution in [1.82, 2.24) is 9.80 Å². The van der Waals surface area contributed by atoms with Crippen LogP contribution in [0.1, 0.15) is 19.3 Å². The predicted octanol–water partition coefficient (Wildman–Crippen LogP) is -0.537. The maximum atomic E-state index is 4.10. The molecule has 15 heavy (non-hydrogen) atoms. The standard InChI is InChI=1S/C12H25N3/c1-13-6-3-7-15(11-10-13)12-4-8-14(2)9-5-12/h12,14H,2-11H2,1H3. The molecular weight excluding hydrogens is 186 g/mol. The number of quaternary nitrogens is 1. The molecule has 0 aromatic carbocycles. The van der Waals surface area contributed by atoms with E-state index in [1.807, 2.05) is 0 Å². The Bertz CT molecular complexity index is 187. The Labute approximate surface area is 94.0 Å². The minimum Gasteiger partial charge on any atom is -0.468 e. The van der Waals surface area contributed by atoms with Crippen LogP contribution in [0.5, 0.6) is 0 Å². The molecule has 0 atom stereocenters. The SMILES string of the molecule is [CH2-][NH+]1CCC(N2CCCN(C)CC2)CC1. The van der Waals surface area contributed by atoms with Gasteiger partial charge in [0.05, 0.1) is 13.1 Å². The third-order valence-corrected chi connectivity index (χ3v) is 3.93. The highest BCUT2D eigenvalue weighted by Gasteiger charge is 2.24. The zero-order valence-electron chi connectivity index (χ0n) is 10.0. The van der Waals surface area contributed by atoms with E-state index < -0.39 is 0 Å². The molecule has 0 radical (unpaired) electrons. The molecule has 0 saturated carbocycles. The summed E-state index contributed by atoms with van der Waals surface area (Å²) in [6, 6.07) is 0.849. The Balaban J connectivity index is 1.82. The summed E-state index contributed by atoms with van der Waals surface area (Å²) in [5, 5.41) is 0. The van der Waals surface area contributed by atoms with E-state index in [-0.39, 0.29) is 0 Å². The van der Waals surface area contributed by atoms with Crippen molar-refractivity contribution < 1.29 is 4.90 Å². The molecule has 0 bridgehead atoms. The fraction of sp³-hybridized carbons (Fsp3) is 0.917. The van der Waals surface area contributed by atoms with Gasteiger partial charge in [0, 0.05) is 32.0 Å². The number of rotatable bonds is 1. The molecule has 0 amide bonds. The minimum absolute atomic E-state index is 0.849. The van der Waals surface area contributed by atoms with Gasteiger partial charge in [-0.2, -0.15) is 7.05 Å². The molecule has 0 unspecified atom stereocenters. The molecule has 3 nitrogen and oxygen atoms in total. The number of nitrogens with zero attached hydrogens (tertiary/aromatic N) is 2. The van der Waals surface area contributed by atoms with Crippen molar-refractivity contribution in [3.05, 3.63) is 7.05 Å². The molecule has 2 saturated heterocycles. The third-order valence-electron chi connectivity index (χ3n) is 3.93. The third kappa shape index (κ3) is 3.16. The summed E-state index contributed by atoms with van der Waals surface area (Å²) in [6.45, 7) is 7.62. The van der Waals surface area contributed by atoms with Crippen LogP contribution >= 0.6 is 0 Å². The van der Waals surface area contributed by atoms with Gasteiger partial charge in [-0.25, -0.2) is 0 Å². The molecule has 1 N–H and O–H groups in total. The van der Waals surface area contributed by atoms with E-state index in [1.54, 1.807) is 0 Å². The molecule has 0 aromatic heterocycles. The van der Waals surface area contributed by atoms with Crippen molar-refractivity contribution in [1.29, 1.82) is 0 Å². The fourth-order valence-corrected chi connectivity index (χ4v) is 2.81. The molecule has 2 rings (SSSR count). The van der Waals surface area contributed by atoms with Gasteiger partial charge < -0.3 is 9.80 Å². The number of nitrogens with one attached hydrogen (secondary N) is 1. The second-order valence-corrected chi connectivity index (χ2v) is 5.17. The van der Waals surface area contributed by atoms with E-state index in [2.05, 4.69) is 23.9 Å². The van der Waals surface area contributed by atoms with Crippen LogP contribution in [0.4, 0.5) is 0 Å². The smallest absolute Gasteiger partial charge is 0.0545 e. The normalized spacial score (nSPS) is 36.4. The van der Waals surface area contributed by atoms with Crippen molar-refractivity contribution in [2.24, 2.45) is 0 Å². The molecule has 2 aliphatic rings. The Kier molecular flexibility index (Phi) is 4.00. The van der Waals surface area contributed by atoms with Crippen LogP contribution in [0.3, 0.4) is 0 Å². The van der Waals surface area contributed by atoms with Gasteiger partial charge in [-0.3, -0.25) is 4.90 Å². The van der Waals surface area contributed by atoms with Crippen molar-refractivity contribution >= 4 is 0 Å². The van der Waals surface area contributed by atoms with Crippen molar-refractivity contribution in [2.75, 3.05) is 46.3 Å². The summed E-state index contributed by atoms with van der Waals surface area (Å²) in [5.74, 6) is 0. The van der Waals surface area contributed by atoms with Gasteiger partial charge in [0.1, 0.15) is 0 Å². The number of hydrogen-bond donors (Lipinski definition) is 1. The zero-order valence-corrected chi connectivity index (χ0v) is 10.0. The van der Waals surface area contributed by atoms with Crippen LogP contribution in [0, 0.1) is 7.05 Å². The first-order valence-electron chi connectivity index (χ1n) is 6.35. The van der Waals surface area contributed by atoms with Crippen LogP contribution < -0.4 is 4.90 Å². The van der Waals surface area contributed by atoms with Crippen LogP contribution in [0.25, 0.3) is 0 Å². The number of likely N-dealkylation sites (tertiary alicyclic amines) is 1. The molecule has 0 aliphatic carbocycles. The zero-order chi connectivity index (χ0) is 10.7. The Morgan fingerprint density at radius 1 is 1.07 bits per heavy atom. The lowest BCUT2D eigenvalue weighted by atomic mass is 10.0. The Morgan fingerprint density at radius 2 is 1.80 bits per heavy atom. The average molecular weight is 211 g/mol. The van der Waals surface area contributed by atoms with E-state index in [1.165, 1.54) is 63.4 Å². The van der Waals surface area contributed by atoms with E-state index in [4.69, 9.17) is 0 Å². The number of hydrogen-bond acceptors (Lipinski definition) is 2. The topological polar surface area (TPSA) is 10.9 Å². The predicted molar refractivity (Wildman–Crippen MR) is 62.8 cm³/mol. The lowest BCUT2D eigenvalue weighted by molar-refractivity contribution is -0.859. The van der Waals surface area contributed by atoms with Crippen LogP contribution in [0.15, 0.2) is 0 Å². The van der Waals surface area contributed by atoms with E-state index in [0.717, 1.165) is 6.04 Å². The summed E-state index contributed by atoms with van der Waals surface area (Å²) < 4.78 is 0. The monoisotopic (exact) mass is 211 g/mol. The Hall–Kier alpha value is -0.120. The summed E-state index contributed by atoms with van der Waals surface area (Å²) in [4.78, 5) is 6.65. The molecule has 0 spiro atoms. The lowest BCUT2D eigenvalue weighted by Gasteiger charge is -2.37. The van der Waals surface area contributed by atoms with E-state index in [0.29, 0.717) is 0 Å². The van der Waals surface area contributed by atoms with Gasteiger partial charge in [0.15, 0.2) is 0 Å². The van der Waals surface area contributed by atoms with Gasteiger partial charge in [0.2, 0.25) is 0 Å². The summed E-state index contributed by atoms with van der Waals surface area (Å²) >= 11 is 0. The maximum absolute atomic E-state index is 4.10. The first-order chi connectivity index (χ1) is 7.25. The molecule has 2 fully saturated rings. The molecule has 2 heterocycles. The van der Waals surface area contributed by atoms with Gasteiger partial charge in [0.25, 0.3) is 0 Å². The van der Waals surface area contributed by atoms with Crippen molar-refractivity contribution in [2.45, 2.75) is 25.3 Å². The average Bonchev–Trinajstić information content (AvgIpc) is 2.44. The highest BCUT2D eigenvalue weighted by atomic mass is 15.2. The van der Waals surface area contributed by atoms with Gasteiger partial charge in [-0.15, -0.1) is 0 Å². The van der Waals surface area contributed by atoms with Gasteiger partial charge in [-0.05, 0) is 26.6 Å². The van der Waals surface area contributed by atoms with Crippen molar-refractivity contribution in [3.63, 3.8) is 0 Å². The maximum Gasteiger partial charge on any atom is 0.0545 e. The number of piperidine rings is 1. The van der Waals surface area contributed by atoms with Crippen molar-refractivity contribution in [3.8, 4) is 0 Å². The molecule has 3 heteroatoms. The highest BCUT2D eigenvalue weighted by molar-refractivity contribution is 4.77. The van der Waals surface area contributed by atoms with Crippen LogP contribution in [0.2, 0.25) is 0 Å². The Morgan fingerprint density at radius 3 is 2.53 bits per heavy atom. The lowest BCUT2D eigenvalue weighted by Crippen LogP contribution is -3.08. The second-order valence-electron chi connectivity index (χ2n) is 5.17. The first kappa shape index (κ1) is 11.4. The van der Waals surface area contributed by atoms with Crippen LogP contribution in [-0.2, 0) is 0 Å². The fourth-order valence-electron chi connectivity index (χ4n) is 2.81. The highest BCUT2D eigenvalue weighted by Crippen LogP contribution is 2.12. The molecular formula is C12H25N3. The quantitative estimate of drug-likeness (QED) is 0.584. The van der Waals surface area contributed by atoms with Crippen LogP contribution in [-0.4, -0.2) is 62.2 Å². The van der Waals surface area contributed by atoms with Gasteiger partial charge >= 0.3 is 0 Å². The summed E-state index contributed by atoms with van der Waals surface area (Å²) in [6.07, 6.45) is 4.04. The number of likely N-dealkylation sites (N-methyl/N-ethyl adjacent to an activating group) is 1. The van der Waals surface area contributed by atoms with Gasteiger partial charge in [-0.1, -0.05) is 0 Å². The van der Waals surface area contributed by atoms with E-state index in [9.17, 15) is 0 Å². The first-order valence-corrected chi connectivity index (χ1v) is 6.35.